The molecule has 0 saturated heterocycles. The quantitative estimate of drug-likeness (QED) is 0.706. The molecule has 1 rings (SSSR count). The smallest absolute Gasteiger partial charge is 0.225 e. The molecule has 0 radical (unpaired) electrons. The number of hydrogen-bond acceptors (Lipinski definition) is 3. The Labute approximate surface area is 115 Å². The van der Waals surface area contributed by atoms with E-state index >= 15 is 0 Å². The average Bonchev–Trinajstić information content (AvgIpc) is 2.38. The molecule has 1 aromatic carbocycles. The van der Waals surface area contributed by atoms with Crippen molar-refractivity contribution in [1.82, 2.24) is 5.32 Å². The van der Waals surface area contributed by atoms with Gasteiger partial charge < -0.3 is 15.7 Å². The Bertz CT molecular complexity index is 403. The van der Waals surface area contributed by atoms with E-state index in [-0.39, 0.29) is 24.6 Å². The number of anilines is 1. The predicted octanol–water partition coefficient (Wildman–Crippen LogP) is 2.07. The minimum atomic E-state index is -0.0120. The van der Waals surface area contributed by atoms with Crippen LogP contribution in [0, 0.1) is 6.92 Å². The van der Waals surface area contributed by atoms with Gasteiger partial charge in [-0.1, -0.05) is 25.1 Å². The van der Waals surface area contributed by atoms with Gasteiger partial charge in [-0.25, -0.2) is 0 Å². The molecule has 4 nitrogen and oxygen atoms in total. The minimum Gasteiger partial charge on any atom is -0.395 e. The molecule has 4 heteroatoms. The largest absolute Gasteiger partial charge is 0.395 e. The Morgan fingerprint density at radius 1 is 1.37 bits per heavy atom. The van der Waals surface area contributed by atoms with E-state index in [1.165, 1.54) is 0 Å². The Balaban J connectivity index is 2.45. The standard InChI is InChI=1S/C15H24N2O2/c1-4-13(10-18)16-12(3)9-15(19)17-14-8-6-5-7-11(14)2/h5-8,12-13,16,18H,4,9-10H2,1-3H3,(H,17,19). The zero-order valence-electron chi connectivity index (χ0n) is 11.9. The third-order valence-corrected chi connectivity index (χ3v) is 3.14. The van der Waals surface area contributed by atoms with E-state index in [4.69, 9.17) is 5.11 Å². The van der Waals surface area contributed by atoms with Gasteiger partial charge in [0.05, 0.1) is 6.61 Å². The van der Waals surface area contributed by atoms with Crippen LogP contribution in [0.1, 0.15) is 32.3 Å². The van der Waals surface area contributed by atoms with Crippen molar-refractivity contribution < 1.29 is 9.90 Å². The van der Waals surface area contributed by atoms with Crippen molar-refractivity contribution in [2.75, 3.05) is 11.9 Å². The van der Waals surface area contributed by atoms with Gasteiger partial charge in [0.1, 0.15) is 0 Å². The van der Waals surface area contributed by atoms with Gasteiger partial charge in [-0.05, 0) is 31.9 Å². The Morgan fingerprint density at radius 2 is 2.05 bits per heavy atom. The Hall–Kier alpha value is -1.39. The molecule has 106 valence electrons. The summed E-state index contributed by atoms with van der Waals surface area (Å²) < 4.78 is 0. The number of aliphatic hydroxyl groups is 1. The van der Waals surface area contributed by atoms with Crippen LogP contribution in [0.15, 0.2) is 24.3 Å². The molecule has 0 bridgehead atoms. The van der Waals surface area contributed by atoms with Crippen molar-refractivity contribution in [2.24, 2.45) is 0 Å². The third kappa shape index (κ3) is 5.41. The van der Waals surface area contributed by atoms with Crippen LogP contribution in [0.25, 0.3) is 0 Å². The maximum atomic E-state index is 11.9. The summed E-state index contributed by atoms with van der Waals surface area (Å²) in [5, 5.41) is 15.3. The topological polar surface area (TPSA) is 61.4 Å². The molecule has 0 aliphatic carbocycles. The van der Waals surface area contributed by atoms with E-state index in [9.17, 15) is 4.79 Å². The van der Waals surface area contributed by atoms with Crippen LogP contribution in [0.2, 0.25) is 0 Å². The second kappa shape index (κ2) is 7.92. The summed E-state index contributed by atoms with van der Waals surface area (Å²) in [5.74, 6) is -0.0120. The number of benzene rings is 1. The lowest BCUT2D eigenvalue weighted by Gasteiger charge is -2.20. The summed E-state index contributed by atoms with van der Waals surface area (Å²) in [7, 11) is 0. The lowest BCUT2D eigenvalue weighted by atomic mass is 10.1. The Kier molecular flexibility index (Phi) is 6.53. The molecule has 0 spiro atoms. The fourth-order valence-corrected chi connectivity index (χ4v) is 1.95. The number of para-hydroxylation sites is 1. The maximum absolute atomic E-state index is 11.9. The van der Waals surface area contributed by atoms with Gasteiger partial charge in [-0.15, -0.1) is 0 Å². The van der Waals surface area contributed by atoms with Crippen LogP contribution in [0.3, 0.4) is 0 Å². The summed E-state index contributed by atoms with van der Waals surface area (Å²) in [6.07, 6.45) is 1.24. The van der Waals surface area contributed by atoms with Crippen molar-refractivity contribution in [1.29, 1.82) is 0 Å². The number of carbonyl (C=O) groups excluding carboxylic acids is 1. The SMILES string of the molecule is CCC(CO)NC(C)CC(=O)Nc1ccccc1C. The first kappa shape index (κ1) is 15.7. The van der Waals surface area contributed by atoms with Crippen molar-refractivity contribution in [3.63, 3.8) is 0 Å². The number of carbonyl (C=O) groups is 1. The fraction of sp³-hybridized carbons (Fsp3) is 0.533. The van der Waals surface area contributed by atoms with E-state index < -0.39 is 0 Å². The van der Waals surface area contributed by atoms with Crippen LogP contribution < -0.4 is 10.6 Å². The number of amides is 1. The molecule has 19 heavy (non-hydrogen) atoms. The van der Waals surface area contributed by atoms with Crippen LogP contribution >= 0.6 is 0 Å². The van der Waals surface area contributed by atoms with Crippen molar-refractivity contribution in [2.45, 2.75) is 45.7 Å². The summed E-state index contributed by atoms with van der Waals surface area (Å²) in [6, 6.07) is 7.82. The number of nitrogens with one attached hydrogen (secondary N) is 2. The fourth-order valence-electron chi connectivity index (χ4n) is 1.95. The summed E-state index contributed by atoms with van der Waals surface area (Å²) in [4.78, 5) is 11.9. The van der Waals surface area contributed by atoms with Gasteiger partial charge >= 0.3 is 0 Å². The van der Waals surface area contributed by atoms with Crippen LogP contribution in [0.4, 0.5) is 5.69 Å². The van der Waals surface area contributed by atoms with Gasteiger partial charge in [0.2, 0.25) is 5.91 Å². The number of hydrogen-bond donors (Lipinski definition) is 3. The lowest BCUT2D eigenvalue weighted by Crippen LogP contribution is -2.40. The zero-order valence-corrected chi connectivity index (χ0v) is 11.9. The zero-order chi connectivity index (χ0) is 14.3. The van der Waals surface area contributed by atoms with E-state index in [0.717, 1.165) is 17.7 Å². The highest BCUT2D eigenvalue weighted by atomic mass is 16.3. The predicted molar refractivity (Wildman–Crippen MR) is 78.2 cm³/mol. The molecular formula is C15H24N2O2. The molecule has 0 aliphatic heterocycles. The first-order valence-electron chi connectivity index (χ1n) is 6.79. The van der Waals surface area contributed by atoms with E-state index in [1.807, 2.05) is 45.0 Å². The molecule has 0 fully saturated rings. The first-order chi connectivity index (χ1) is 9.06. The van der Waals surface area contributed by atoms with Gasteiger partial charge in [0, 0.05) is 24.2 Å². The van der Waals surface area contributed by atoms with E-state index in [0.29, 0.717) is 6.42 Å². The molecule has 0 saturated carbocycles. The highest BCUT2D eigenvalue weighted by Gasteiger charge is 2.13. The van der Waals surface area contributed by atoms with Gasteiger partial charge in [0.15, 0.2) is 0 Å². The van der Waals surface area contributed by atoms with Gasteiger partial charge in [-0.3, -0.25) is 4.79 Å². The van der Waals surface area contributed by atoms with Crippen molar-refractivity contribution in [3.8, 4) is 0 Å². The maximum Gasteiger partial charge on any atom is 0.225 e. The molecule has 1 amide bonds. The van der Waals surface area contributed by atoms with Gasteiger partial charge in [0.25, 0.3) is 0 Å². The number of aliphatic hydroxyl groups excluding tert-OH is 1. The third-order valence-electron chi connectivity index (χ3n) is 3.14. The normalized spacial score (nSPS) is 13.9. The molecule has 2 unspecified atom stereocenters. The Morgan fingerprint density at radius 3 is 2.63 bits per heavy atom. The highest BCUT2D eigenvalue weighted by molar-refractivity contribution is 5.91. The lowest BCUT2D eigenvalue weighted by molar-refractivity contribution is -0.116. The van der Waals surface area contributed by atoms with Crippen molar-refractivity contribution >= 4 is 11.6 Å². The number of aryl methyl sites for hydroxylation is 1. The summed E-state index contributed by atoms with van der Waals surface area (Å²) in [5.41, 5.74) is 1.91. The highest BCUT2D eigenvalue weighted by Crippen LogP contribution is 2.13. The second-order valence-corrected chi connectivity index (χ2v) is 4.92. The average molecular weight is 264 g/mol. The van der Waals surface area contributed by atoms with Crippen LogP contribution in [-0.2, 0) is 4.79 Å². The molecule has 3 N–H and O–H groups in total. The molecule has 0 aromatic heterocycles. The first-order valence-corrected chi connectivity index (χ1v) is 6.79. The summed E-state index contributed by atoms with van der Waals surface area (Å²) >= 11 is 0. The molecule has 1 aromatic rings. The van der Waals surface area contributed by atoms with E-state index in [1.54, 1.807) is 0 Å². The van der Waals surface area contributed by atoms with Crippen LogP contribution in [-0.4, -0.2) is 29.7 Å². The molecule has 0 aliphatic rings. The van der Waals surface area contributed by atoms with E-state index in [2.05, 4.69) is 10.6 Å². The molecule has 0 heterocycles. The molecular weight excluding hydrogens is 240 g/mol. The second-order valence-electron chi connectivity index (χ2n) is 4.92. The monoisotopic (exact) mass is 264 g/mol. The molecule has 2 atom stereocenters. The minimum absolute atomic E-state index is 0.0120. The van der Waals surface area contributed by atoms with Crippen LogP contribution in [0.5, 0.6) is 0 Å². The van der Waals surface area contributed by atoms with Crippen molar-refractivity contribution in [3.05, 3.63) is 29.8 Å². The van der Waals surface area contributed by atoms with Gasteiger partial charge in [-0.2, -0.15) is 0 Å². The summed E-state index contributed by atoms with van der Waals surface area (Å²) in [6.45, 7) is 6.03. The number of rotatable bonds is 7.